The number of hydrogen-bond acceptors (Lipinski definition) is 3. The van der Waals surface area contributed by atoms with Crippen LogP contribution in [0.15, 0.2) is 5.16 Å². The summed E-state index contributed by atoms with van der Waals surface area (Å²) in [5, 5.41) is 12.8. The lowest BCUT2D eigenvalue weighted by Crippen LogP contribution is -2.48. The monoisotopic (exact) mass is 222 g/mol. The van der Waals surface area contributed by atoms with Gasteiger partial charge >= 0.3 is 0 Å². The van der Waals surface area contributed by atoms with E-state index in [9.17, 15) is 5.21 Å². The van der Waals surface area contributed by atoms with E-state index < -0.39 is 0 Å². The molecule has 0 radical (unpaired) electrons. The van der Waals surface area contributed by atoms with Crippen LogP contribution in [0.4, 0.5) is 0 Å². The molecule has 3 atom stereocenters. The average molecular weight is 222 g/mol. The smallest absolute Gasteiger partial charge is 0.0775 e. The Balaban J connectivity index is 1.74. The average Bonchev–Trinajstić information content (AvgIpc) is 2.89. The Morgan fingerprint density at radius 2 is 1.94 bits per heavy atom. The minimum Gasteiger partial charge on any atom is -0.411 e. The SMILES string of the molecule is CC1CCN([C@H]2/C(=N\O)[C@H]3CC[C@H]2C3)CC1. The summed E-state index contributed by atoms with van der Waals surface area (Å²) in [5.74, 6) is 2.26. The second-order valence-electron chi connectivity index (χ2n) is 5.96. The van der Waals surface area contributed by atoms with Gasteiger partial charge in [0.05, 0.1) is 11.8 Å². The van der Waals surface area contributed by atoms with Gasteiger partial charge in [0.15, 0.2) is 0 Å². The predicted octanol–water partition coefficient (Wildman–Crippen LogP) is 2.35. The molecule has 2 bridgehead atoms. The highest BCUT2D eigenvalue weighted by Crippen LogP contribution is 2.45. The molecule has 0 aromatic rings. The molecule has 3 fully saturated rings. The highest BCUT2D eigenvalue weighted by Gasteiger charge is 2.48. The molecule has 3 heteroatoms. The van der Waals surface area contributed by atoms with E-state index in [1.807, 2.05) is 0 Å². The summed E-state index contributed by atoms with van der Waals surface area (Å²) < 4.78 is 0. The third-order valence-corrected chi connectivity index (χ3v) is 4.97. The summed E-state index contributed by atoms with van der Waals surface area (Å²) in [7, 11) is 0. The Morgan fingerprint density at radius 3 is 2.62 bits per heavy atom. The highest BCUT2D eigenvalue weighted by atomic mass is 16.4. The van der Waals surface area contributed by atoms with Gasteiger partial charge < -0.3 is 5.21 Å². The lowest BCUT2D eigenvalue weighted by molar-refractivity contribution is 0.138. The predicted molar refractivity (Wildman–Crippen MR) is 63.8 cm³/mol. The summed E-state index contributed by atoms with van der Waals surface area (Å²) in [4.78, 5) is 2.58. The van der Waals surface area contributed by atoms with Gasteiger partial charge in [-0.05, 0) is 57.0 Å². The van der Waals surface area contributed by atoms with E-state index in [0.29, 0.717) is 12.0 Å². The quantitative estimate of drug-likeness (QED) is 0.546. The van der Waals surface area contributed by atoms with Crippen LogP contribution in [0.3, 0.4) is 0 Å². The molecular formula is C13H22N2O. The van der Waals surface area contributed by atoms with Crippen LogP contribution >= 0.6 is 0 Å². The number of hydrogen-bond donors (Lipinski definition) is 1. The van der Waals surface area contributed by atoms with Crippen molar-refractivity contribution in [3.05, 3.63) is 0 Å². The standard InChI is InChI=1S/C13H22N2O/c1-9-4-6-15(7-5-9)13-11-3-2-10(8-11)12(13)14-16/h9-11,13,16H,2-8H2,1H3/b14-12-/t10-,11-,13+/m0/s1. The van der Waals surface area contributed by atoms with E-state index in [0.717, 1.165) is 17.5 Å². The Hall–Kier alpha value is -0.570. The molecule has 1 aliphatic heterocycles. The fourth-order valence-corrected chi connectivity index (χ4v) is 3.99. The summed E-state index contributed by atoms with van der Waals surface area (Å²) in [6.45, 7) is 4.75. The molecule has 2 aliphatic carbocycles. The van der Waals surface area contributed by atoms with Gasteiger partial charge in [-0.15, -0.1) is 0 Å². The van der Waals surface area contributed by atoms with Gasteiger partial charge in [-0.2, -0.15) is 0 Å². The first kappa shape index (κ1) is 10.6. The minimum absolute atomic E-state index is 0.483. The fraction of sp³-hybridized carbons (Fsp3) is 0.923. The minimum atomic E-state index is 0.483. The molecule has 2 saturated carbocycles. The van der Waals surface area contributed by atoms with Gasteiger partial charge in [-0.1, -0.05) is 12.1 Å². The van der Waals surface area contributed by atoms with Gasteiger partial charge in [0.25, 0.3) is 0 Å². The van der Waals surface area contributed by atoms with Crippen LogP contribution in [0.25, 0.3) is 0 Å². The molecule has 0 amide bonds. The van der Waals surface area contributed by atoms with Gasteiger partial charge in [0.1, 0.15) is 0 Å². The van der Waals surface area contributed by atoms with Gasteiger partial charge in [-0.3, -0.25) is 4.90 Å². The van der Waals surface area contributed by atoms with E-state index in [1.165, 1.54) is 45.2 Å². The van der Waals surface area contributed by atoms with E-state index in [4.69, 9.17) is 0 Å². The Kier molecular flexibility index (Phi) is 2.66. The van der Waals surface area contributed by atoms with E-state index >= 15 is 0 Å². The topological polar surface area (TPSA) is 35.8 Å². The van der Waals surface area contributed by atoms with Crippen molar-refractivity contribution < 1.29 is 5.21 Å². The van der Waals surface area contributed by atoms with Crippen molar-refractivity contribution in [3.63, 3.8) is 0 Å². The molecule has 0 aromatic carbocycles. The van der Waals surface area contributed by atoms with Crippen molar-refractivity contribution in [3.8, 4) is 0 Å². The number of rotatable bonds is 1. The summed E-state index contributed by atoms with van der Waals surface area (Å²) >= 11 is 0. The number of likely N-dealkylation sites (tertiary alicyclic amines) is 1. The molecule has 90 valence electrons. The first-order chi connectivity index (χ1) is 7.79. The molecule has 3 nitrogen and oxygen atoms in total. The van der Waals surface area contributed by atoms with Crippen LogP contribution in [0.1, 0.15) is 39.0 Å². The van der Waals surface area contributed by atoms with E-state index in [-0.39, 0.29) is 0 Å². The number of fused-ring (bicyclic) bond motifs is 2. The second kappa shape index (κ2) is 4.02. The lowest BCUT2D eigenvalue weighted by atomic mass is 9.89. The van der Waals surface area contributed by atoms with Crippen molar-refractivity contribution in [1.82, 2.24) is 4.90 Å². The largest absolute Gasteiger partial charge is 0.411 e. The molecule has 3 aliphatic rings. The van der Waals surface area contributed by atoms with Gasteiger partial charge in [-0.25, -0.2) is 0 Å². The molecule has 0 spiro atoms. The van der Waals surface area contributed by atoms with E-state index in [1.54, 1.807) is 0 Å². The summed E-state index contributed by atoms with van der Waals surface area (Å²) in [6.07, 6.45) is 6.50. The number of nitrogens with zero attached hydrogens (tertiary/aromatic N) is 2. The molecule has 16 heavy (non-hydrogen) atoms. The van der Waals surface area contributed by atoms with Gasteiger partial charge in [0.2, 0.25) is 0 Å². The Bertz CT molecular complexity index is 294. The maximum atomic E-state index is 9.20. The third-order valence-electron chi connectivity index (χ3n) is 4.97. The van der Waals surface area contributed by atoms with Crippen LogP contribution in [-0.4, -0.2) is 35.0 Å². The van der Waals surface area contributed by atoms with E-state index in [2.05, 4.69) is 17.0 Å². The Labute approximate surface area is 97.5 Å². The fourth-order valence-electron chi connectivity index (χ4n) is 3.99. The molecule has 3 rings (SSSR count). The molecule has 1 N–H and O–H groups in total. The Morgan fingerprint density at radius 1 is 1.19 bits per heavy atom. The summed E-state index contributed by atoms with van der Waals surface area (Å²) in [6, 6.07) is 0.483. The number of oxime groups is 1. The highest BCUT2D eigenvalue weighted by molar-refractivity contribution is 5.94. The third kappa shape index (κ3) is 1.56. The van der Waals surface area contributed by atoms with Crippen LogP contribution in [0, 0.1) is 17.8 Å². The van der Waals surface area contributed by atoms with Crippen molar-refractivity contribution in [1.29, 1.82) is 0 Å². The lowest BCUT2D eigenvalue weighted by Gasteiger charge is -2.38. The second-order valence-corrected chi connectivity index (χ2v) is 5.96. The van der Waals surface area contributed by atoms with Crippen molar-refractivity contribution in [2.75, 3.05) is 13.1 Å². The zero-order chi connectivity index (χ0) is 11.1. The van der Waals surface area contributed by atoms with Crippen LogP contribution in [-0.2, 0) is 0 Å². The molecule has 1 heterocycles. The molecule has 1 saturated heterocycles. The first-order valence-electron chi connectivity index (χ1n) is 6.75. The van der Waals surface area contributed by atoms with Crippen LogP contribution < -0.4 is 0 Å². The van der Waals surface area contributed by atoms with Crippen molar-refractivity contribution in [2.45, 2.75) is 45.1 Å². The maximum Gasteiger partial charge on any atom is 0.0775 e. The van der Waals surface area contributed by atoms with Crippen molar-refractivity contribution in [2.24, 2.45) is 22.9 Å². The maximum absolute atomic E-state index is 9.20. The summed E-state index contributed by atoms with van der Waals surface area (Å²) in [5.41, 5.74) is 1.10. The zero-order valence-corrected chi connectivity index (χ0v) is 10.1. The molecule has 0 aromatic heterocycles. The zero-order valence-electron chi connectivity index (χ0n) is 10.1. The normalized spacial score (nSPS) is 43.3. The first-order valence-corrected chi connectivity index (χ1v) is 6.75. The van der Waals surface area contributed by atoms with Crippen molar-refractivity contribution >= 4 is 5.71 Å². The van der Waals surface area contributed by atoms with Crippen LogP contribution in [0.2, 0.25) is 0 Å². The van der Waals surface area contributed by atoms with Gasteiger partial charge in [0, 0.05) is 5.92 Å². The molecule has 0 unspecified atom stereocenters. The number of piperidine rings is 1. The molecular weight excluding hydrogens is 200 g/mol. The van der Waals surface area contributed by atoms with Crippen LogP contribution in [0.5, 0.6) is 0 Å².